The number of anilines is 1. The molecular weight excluding hydrogens is 430 g/mol. The molecule has 0 spiro atoms. The molecule has 4 aromatic rings. The summed E-state index contributed by atoms with van der Waals surface area (Å²) in [6.45, 7) is 1.51. The van der Waals surface area contributed by atoms with Crippen molar-refractivity contribution in [1.82, 2.24) is 29.3 Å². The van der Waals surface area contributed by atoms with E-state index in [2.05, 4.69) is 15.0 Å². The number of benzene rings is 2. The van der Waals surface area contributed by atoms with Crippen molar-refractivity contribution in [3.63, 3.8) is 0 Å². The molecule has 5 rings (SSSR count). The number of aryl methyl sites for hydroxylation is 1. The molecule has 2 aromatic carbocycles. The van der Waals surface area contributed by atoms with Crippen LogP contribution in [0.4, 0.5) is 5.95 Å². The quantitative estimate of drug-likeness (QED) is 0.494. The molecule has 9 nitrogen and oxygen atoms in total. The fourth-order valence-electron chi connectivity index (χ4n) is 4.27. The number of hydrogen-bond acceptors (Lipinski definition) is 6. The highest BCUT2D eigenvalue weighted by atomic mass is 16.2. The van der Waals surface area contributed by atoms with E-state index in [1.807, 2.05) is 48.0 Å². The highest BCUT2D eigenvalue weighted by molar-refractivity contribution is 6.05. The summed E-state index contributed by atoms with van der Waals surface area (Å²) in [5.74, 6) is -0.195. The molecule has 2 N–H and O–H groups in total. The highest BCUT2D eigenvalue weighted by Crippen LogP contribution is 2.27. The third kappa shape index (κ3) is 4.07. The van der Waals surface area contributed by atoms with Gasteiger partial charge < -0.3 is 20.1 Å². The number of carbonyl (C=O) groups excluding carboxylic acids is 2. The summed E-state index contributed by atoms with van der Waals surface area (Å²) in [4.78, 5) is 42.4. The van der Waals surface area contributed by atoms with E-state index < -0.39 is 0 Å². The molecule has 172 valence electrons. The minimum atomic E-state index is -0.202. The molecular formula is C25H25N7O2. The SMILES string of the molecule is CN(Cc1cncn1C)C(=O)Cc1ccc2nc(N)nc(C(=O)N3Cc4ccccc4C3)c2c1. The lowest BCUT2D eigenvalue weighted by atomic mass is 10.1. The fourth-order valence-corrected chi connectivity index (χ4v) is 4.27. The van der Waals surface area contributed by atoms with Crippen molar-refractivity contribution in [3.8, 4) is 0 Å². The van der Waals surface area contributed by atoms with Crippen molar-refractivity contribution < 1.29 is 9.59 Å². The number of likely N-dealkylation sites (N-methyl/N-ethyl adjacent to an activating group) is 1. The lowest BCUT2D eigenvalue weighted by Gasteiger charge is -2.18. The van der Waals surface area contributed by atoms with Crippen molar-refractivity contribution in [3.05, 3.63) is 83.1 Å². The van der Waals surface area contributed by atoms with E-state index in [0.29, 0.717) is 30.5 Å². The van der Waals surface area contributed by atoms with Crippen molar-refractivity contribution in [2.24, 2.45) is 7.05 Å². The van der Waals surface area contributed by atoms with Crippen molar-refractivity contribution in [1.29, 1.82) is 0 Å². The van der Waals surface area contributed by atoms with Gasteiger partial charge in [-0.05, 0) is 28.8 Å². The number of hydrogen-bond donors (Lipinski definition) is 1. The first-order valence-corrected chi connectivity index (χ1v) is 11.0. The Bertz CT molecular complexity index is 1390. The topological polar surface area (TPSA) is 110 Å². The summed E-state index contributed by atoms with van der Waals surface area (Å²) in [5, 5.41) is 0.592. The molecule has 0 aliphatic carbocycles. The van der Waals surface area contributed by atoms with E-state index in [0.717, 1.165) is 22.4 Å². The molecule has 9 heteroatoms. The van der Waals surface area contributed by atoms with Crippen LogP contribution >= 0.6 is 0 Å². The average molecular weight is 456 g/mol. The monoisotopic (exact) mass is 455 g/mol. The van der Waals surface area contributed by atoms with Crippen LogP contribution in [0.2, 0.25) is 0 Å². The number of nitrogen functional groups attached to an aromatic ring is 1. The Morgan fingerprint density at radius 3 is 2.50 bits per heavy atom. The van der Waals surface area contributed by atoms with Gasteiger partial charge in [-0.2, -0.15) is 0 Å². The molecule has 3 heterocycles. The maximum absolute atomic E-state index is 13.4. The van der Waals surface area contributed by atoms with Crippen LogP contribution in [0.3, 0.4) is 0 Å². The Labute approximate surface area is 196 Å². The minimum absolute atomic E-state index is 0.0419. The lowest BCUT2D eigenvalue weighted by molar-refractivity contribution is -0.129. The number of nitrogens with two attached hydrogens (primary N) is 1. The molecule has 1 aliphatic heterocycles. The second-order valence-corrected chi connectivity index (χ2v) is 8.63. The van der Waals surface area contributed by atoms with E-state index in [9.17, 15) is 9.59 Å². The molecule has 0 saturated heterocycles. The number of rotatable bonds is 5. The Hall–Kier alpha value is -4.27. The zero-order valence-electron chi connectivity index (χ0n) is 19.1. The first kappa shape index (κ1) is 21.6. The van der Waals surface area contributed by atoms with Gasteiger partial charge in [-0.15, -0.1) is 0 Å². The number of aromatic nitrogens is 4. The fraction of sp³-hybridized carbons (Fsp3) is 0.240. The smallest absolute Gasteiger partial charge is 0.273 e. The van der Waals surface area contributed by atoms with Gasteiger partial charge in [0, 0.05) is 38.8 Å². The Balaban J connectivity index is 1.40. The van der Waals surface area contributed by atoms with Gasteiger partial charge in [-0.3, -0.25) is 9.59 Å². The number of nitrogens with zero attached hydrogens (tertiary/aromatic N) is 6. The van der Waals surface area contributed by atoms with Crippen LogP contribution in [-0.4, -0.2) is 48.2 Å². The average Bonchev–Trinajstić information content (AvgIpc) is 3.44. The van der Waals surface area contributed by atoms with Gasteiger partial charge >= 0.3 is 0 Å². The van der Waals surface area contributed by atoms with Crippen LogP contribution in [-0.2, 0) is 37.9 Å². The van der Waals surface area contributed by atoms with Crippen molar-refractivity contribution in [2.45, 2.75) is 26.1 Å². The Kier molecular flexibility index (Phi) is 5.45. The number of imidazole rings is 1. The summed E-state index contributed by atoms with van der Waals surface area (Å²) in [7, 11) is 3.66. The van der Waals surface area contributed by atoms with Gasteiger partial charge in [-0.25, -0.2) is 15.0 Å². The van der Waals surface area contributed by atoms with Gasteiger partial charge in [0.05, 0.1) is 30.5 Å². The third-order valence-corrected chi connectivity index (χ3v) is 6.20. The van der Waals surface area contributed by atoms with Crippen LogP contribution < -0.4 is 5.73 Å². The first-order valence-electron chi connectivity index (χ1n) is 11.0. The molecule has 0 radical (unpaired) electrons. The molecule has 2 aromatic heterocycles. The molecule has 0 saturated carbocycles. The van der Waals surface area contributed by atoms with Crippen LogP contribution in [0.25, 0.3) is 10.9 Å². The summed E-state index contributed by atoms with van der Waals surface area (Å²) < 4.78 is 1.88. The van der Waals surface area contributed by atoms with Crippen LogP contribution in [0, 0.1) is 0 Å². The maximum atomic E-state index is 13.4. The lowest BCUT2D eigenvalue weighted by Crippen LogP contribution is -2.28. The van der Waals surface area contributed by atoms with E-state index >= 15 is 0 Å². The van der Waals surface area contributed by atoms with E-state index in [1.54, 1.807) is 35.4 Å². The summed E-state index contributed by atoms with van der Waals surface area (Å²) in [6.07, 6.45) is 3.65. The standard InChI is InChI=1S/C25H25N7O2/c1-30(14-19-11-27-15-31(19)2)22(33)10-16-7-8-21-20(9-16)23(29-25(26)28-21)24(34)32-12-17-5-3-4-6-18(17)13-32/h3-9,11,15H,10,12-14H2,1-2H3,(H2,26,28,29). The summed E-state index contributed by atoms with van der Waals surface area (Å²) >= 11 is 0. The zero-order chi connectivity index (χ0) is 23.8. The maximum Gasteiger partial charge on any atom is 0.273 e. The molecule has 34 heavy (non-hydrogen) atoms. The van der Waals surface area contributed by atoms with Gasteiger partial charge in [0.25, 0.3) is 5.91 Å². The minimum Gasteiger partial charge on any atom is -0.368 e. The molecule has 0 fully saturated rings. The largest absolute Gasteiger partial charge is 0.368 e. The van der Waals surface area contributed by atoms with Gasteiger partial charge in [0.2, 0.25) is 11.9 Å². The second-order valence-electron chi connectivity index (χ2n) is 8.63. The highest BCUT2D eigenvalue weighted by Gasteiger charge is 2.27. The summed E-state index contributed by atoms with van der Waals surface area (Å²) in [5.41, 5.74) is 10.7. The molecule has 1 aliphatic rings. The summed E-state index contributed by atoms with van der Waals surface area (Å²) in [6, 6.07) is 13.4. The van der Waals surface area contributed by atoms with Crippen LogP contribution in [0.1, 0.15) is 32.9 Å². The Morgan fingerprint density at radius 1 is 1.09 bits per heavy atom. The number of carbonyl (C=O) groups is 2. The van der Waals surface area contributed by atoms with Crippen LogP contribution in [0.5, 0.6) is 0 Å². The molecule has 0 unspecified atom stereocenters. The molecule has 2 amide bonds. The molecule has 0 bridgehead atoms. The predicted molar refractivity (Wildman–Crippen MR) is 127 cm³/mol. The van der Waals surface area contributed by atoms with Crippen molar-refractivity contribution in [2.75, 3.05) is 12.8 Å². The normalized spacial score (nSPS) is 12.7. The van der Waals surface area contributed by atoms with Gasteiger partial charge in [0.15, 0.2) is 0 Å². The van der Waals surface area contributed by atoms with E-state index in [1.165, 1.54) is 0 Å². The first-order chi connectivity index (χ1) is 16.4. The molecule has 0 atom stereocenters. The van der Waals surface area contributed by atoms with Gasteiger partial charge in [-0.1, -0.05) is 30.3 Å². The number of amides is 2. The van der Waals surface area contributed by atoms with E-state index in [4.69, 9.17) is 5.73 Å². The third-order valence-electron chi connectivity index (χ3n) is 6.20. The van der Waals surface area contributed by atoms with Gasteiger partial charge in [0.1, 0.15) is 5.69 Å². The van der Waals surface area contributed by atoms with Crippen molar-refractivity contribution >= 4 is 28.7 Å². The van der Waals surface area contributed by atoms with E-state index in [-0.39, 0.29) is 29.9 Å². The second kappa shape index (κ2) is 8.58. The Morgan fingerprint density at radius 2 is 1.82 bits per heavy atom. The zero-order valence-corrected chi connectivity index (χ0v) is 19.1. The number of fused-ring (bicyclic) bond motifs is 2. The van der Waals surface area contributed by atoms with Crippen LogP contribution in [0.15, 0.2) is 55.0 Å². The predicted octanol–water partition coefficient (Wildman–Crippen LogP) is 2.30.